The van der Waals surface area contributed by atoms with E-state index in [4.69, 9.17) is 16.4 Å². The molecule has 0 heterocycles. The third-order valence-electron chi connectivity index (χ3n) is 6.45. The average Bonchev–Trinajstić information content (AvgIpc) is 3.03. The Morgan fingerprint density at radius 2 is 1.28 bits per heavy atom. The van der Waals surface area contributed by atoms with Crippen LogP contribution in [0.25, 0.3) is 10.8 Å². The SMILES string of the molecule is CC(=O)O/N=C(/CCSc1ccc(Cl)cc1)C(=O)c1ccc(Sc2ccc(C(=O)c3ccc4ccccc4c3)cc2)cc1. The maximum absolute atomic E-state index is 13.2. The molecule has 0 bridgehead atoms. The minimum absolute atomic E-state index is 0.0250. The Hall–Kier alpha value is -4.17. The molecule has 0 aliphatic heterocycles. The van der Waals surface area contributed by atoms with Crippen LogP contribution in [0.1, 0.15) is 39.6 Å². The lowest BCUT2D eigenvalue weighted by molar-refractivity contribution is -0.140. The van der Waals surface area contributed by atoms with Crippen molar-refractivity contribution in [2.45, 2.75) is 28.0 Å². The van der Waals surface area contributed by atoms with Crippen LogP contribution in [0.2, 0.25) is 5.02 Å². The van der Waals surface area contributed by atoms with Crippen molar-refractivity contribution in [3.63, 3.8) is 0 Å². The Morgan fingerprint density at radius 3 is 1.93 bits per heavy atom. The second-order valence-corrected chi connectivity index (χ2v) is 12.3. The van der Waals surface area contributed by atoms with Gasteiger partial charge in [-0.1, -0.05) is 64.9 Å². The fraction of sp³-hybridized carbons (Fsp3) is 0.0857. The number of Topliss-reactive ketones (excluding diaryl/α,β-unsaturated/α-hetero) is 1. The first-order valence-corrected chi connectivity index (χ1v) is 15.6. The van der Waals surface area contributed by atoms with E-state index in [2.05, 4.69) is 5.16 Å². The van der Waals surface area contributed by atoms with Crippen LogP contribution >= 0.6 is 35.1 Å². The van der Waals surface area contributed by atoms with Gasteiger partial charge in [-0.05, 0) is 89.6 Å². The van der Waals surface area contributed by atoms with Crippen LogP contribution in [-0.4, -0.2) is 29.0 Å². The fourth-order valence-corrected chi connectivity index (χ4v) is 6.07. The number of rotatable bonds is 11. The zero-order valence-corrected chi connectivity index (χ0v) is 25.5. The summed E-state index contributed by atoms with van der Waals surface area (Å²) in [6, 6.07) is 35.8. The van der Waals surface area contributed by atoms with Crippen LogP contribution in [0.5, 0.6) is 0 Å². The molecule has 5 aromatic carbocycles. The first-order chi connectivity index (χ1) is 20.9. The van der Waals surface area contributed by atoms with Crippen molar-refractivity contribution in [3.05, 3.63) is 137 Å². The first-order valence-electron chi connectivity index (χ1n) is 13.4. The normalized spacial score (nSPS) is 11.3. The van der Waals surface area contributed by atoms with E-state index in [9.17, 15) is 14.4 Å². The van der Waals surface area contributed by atoms with Crippen LogP contribution < -0.4 is 0 Å². The third-order valence-corrected chi connectivity index (χ3v) is 8.73. The summed E-state index contributed by atoms with van der Waals surface area (Å²) in [5.41, 5.74) is 1.89. The molecule has 0 radical (unpaired) electrons. The minimum Gasteiger partial charge on any atom is -0.318 e. The highest BCUT2D eigenvalue weighted by Crippen LogP contribution is 2.29. The summed E-state index contributed by atoms with van der Waals surface area (Å²) in [5.74, 6) is -0.345. The number of carbonyl (C=O) groups excluding carboxylic acids is 3. The van der Waals surface area contributed by atoms with Crippen molar-refractivity contribution in [3.8, 4) is 0 Å². The lowest BCUT2D eigenvalue weighted by Crippen LogP contribution is -2.16. The molecule has 0 aromatic heterocycles. The maximum Gasteiger partial charge on any atom is 0.331 e. The summed E-state index contributed by atoms with van der Waals surface area (Å²) >= 11 is 9.03. The third kappa shape index (κ3) is 8.23. The van der Waals surface area contributed by atoms with Gasteiger partial charge in [0.25, 0.3) is 0 Å². The molecule has 5 rings (SSSR count). The van der Waals surface area contributed by atoms with E-state index in [-0.39, 0.29) is 17.3 Å². The van der Waals surface area contributed by atoms with E-state index in [1.165, 1.54) is 18.7 Å². The molecule has 0 N–H and O–H groups in total. The first kappa shape index (κ1) is 30.3. The van der Waals surface area contributed by atoms with E-state index in [0.29, 0.717) is 33.9 Å². The Labute approximate surface area is 263 Å². The van der Waals surface area contributed by atoms with Crippen LogP contribution in [0.15, 0.2) is 135 Å². The van der Waals surface area contributed by atoms with Crippen molar-refractivity contribution in [2.24, 2.45) is 5.16 Å². The molecular formula is C35H26ClNO4S2. The predicted molar refractivity (Wildman–Crippen MR) is 175 cm³/mol. The second-order valence-electron chi connectivity index (χ2n) is 9.54. The van der Waals surface area contributed by atoms with Gasteiger partial charge >= 0.3 is 5.97 Å². The Kier molecular flexibility index (Phi) is 10.1. The van der Waals surface area contributed by atoms with Crippen molar-refractivity contribution in [1.29, 1.82) is 0 Å². The summed E-state index contributed by atoms with van der Waals surface area (Å²) in [6.07, 6.45) is 0.320. The standard InChI is InChI=1S/C35H26ClNO4S2/c1-23(38)41-37-33(20-21-42-30-18-12-29(36)13-19-30)35(40)26-10-16-32(17-11-26)43-31-14-8-25(9-15-31)34(39)28-7-6-24-4-2-3-5-27(24)22-28/h2-19,22H,20-21H2,1H3/b37-33-. The lowest BCUT2D eigenvalue weighted by atomic mass is 10.00. The zero-order chi connectivity index (χ0) is 30.2. The Bertz CT molecular complexity index is 1800. The van der Waals surface area contributed by atoms with Gasteiger partial charge in [0.2, 0.25) is 5.78 Å². The van der Waals surface area contributed by atoms with E-state index in [0.717, 1.165) is 25.5 Å². The molecule has 0 saturated carbocycles. The van der Waals surface area contributed by atoms with Gasteiger partial charge in [0, 0.05) is 55.5 Å². The Balaban J connectivity index is 1.21. The van der Waals surface area contributed by atoms with Crippen LogP contribution in [0.4, 0.5) is 0 Å². The molecule has 214 valence electrons. The molecule has 0 amide bonds. The van der Waals surface area contributed by atoms with Gasteiger partial charge in [0.15, 0.2) is 5.78 Å². The predicted octanol–water partition coefficient (Wildman–Crippen LogP) is 9.16. The van der Waals surface area contributed by atoms with E-state index >= 15 is 0 Å². The largest absolute Gasteiger partial charge is 0.331 e. The molecule has 0 saturated heterocycles. The van der Waals surface area contributed by atoms with Crippen molar-refractivity contribution >= 4 is 69.1 Å². The number of carbonyl (C=O) groups is 3. The maximum atomic E-state index is 13.2. The van der Waals surface area contributed by atoms with E-state index < -0.39 is 5.97 Å². The molecule has 0 atom stereocenters. The van der Waals surface area contributed by atoms with E-state index in [1.54, 1.807) is 23.9 Å². The molecule has 0 aliphatic rings. The number of ketones is 2. The lowest BCUT2D eigenvalue weighted by Gasteiger charge is -2.08. The molecule has 0 aliphatic carbocycles. The van der Waals surface area contributed by atoms with Gasteiger partial charge in [-0.3, -0.25) is 9.59 Å². The van der Waals surface area contributed by atoms with Gasteiger partial charge in [-0.25, -0.2) is 4.79 Å². The monoisotopic (exact) mass is 623 g/mol. The van der Waals surface area contributed by atoms with E-state index in [1.807, 2.05) is 103 Å². The molecular weight excluding hydrogens is 598 g/mol. The highest BCUT2D eigenvalue weighted by molar-refractivity contribution is 7.99. The van der Waals surface area contributed by atoms with Crippen molar-refractivity contribution in [2.75, 3.05) is 5.75 Å². The van der Waals surface area contributed by atoms with Gasteiger partial charge < -0.3 is 4.84 Å². The number of hydrogen-bond donors (Lipinski definition) is 0. The number of fused-ring (bicyclic) bond motifs is 1. The van der Waals surface area contributed by atoms with Gasteiger partial charge in [-0.15, -0.1) is 11.8 Å². The molecule has 0 unspecified atom stereocenters. The number of halogens is 1. The summed E-state index contributed by atoms with van der Waals surface area (Å²) in [5, 5.41) is 6.63. The molecule has 8 heteroatoms. The highest BCUT2D eigenvalue weighted by Gasteiger charge is 2.16. The smallest absolute Gasteiger partial charge is 0.318 e. The summed E-state index contributed by atoms with van der Waals surface area (Å²) in [4.78, 5) is 45.4. The number of thioether (sulfide) groups is 1. The second kappa shape index (κ2) is 14.3. The molecule has 43 heavy (non-hydrogen) atoms. The van der Waals surface area contributed by atoms with Crippen molar-refractivity contribution in [1.82, 2.24) is 0 Å². The number of nitrogens with zero attached hydrogens (tertiary/aromatic N) is 1. The Morgan fingerprint density at radius 1 is 0.698 bits per heavy atom. The quantitative estimate of drug-likeness (QED) is 0.0480. The zero-order valence-electron chi connectivity index (χ0n) is 23.2. The summed E-state index contributed by atoms with van der Waals surface area (Å²) < 4.78 is 0. The minimum atomic E-state index is -0.590. The number of hydrogen-bond acceptors (Lipinski definition) is 7. The molecule has 5 nitrogen and oxygen atoms in total. The number of oxime groups is 1. The highest BCUT2D eigenvalue weighted by atomic mass is 35.5. The average molecular weight is 624 g/mol. The van der Waals surface area contributed by atoms with Gasteiger partial charge in [-0.2, -0.15) is 0 Å². The van der Waals surface area contributed by atoms with Gasteiger partial charge in [0.1, 0.15) is 5.71 Å². The van der Waals surface area contributed by atoms with Crippen molar-refractivity contribution < 1.29 is 19.2 Å². The van der Waals surface area contributed by atoms with Gasteiger partial charge in [0.05, 0.1) is 0 Å². The fourth-order valence-electron chi connectivity index (χ4n) is 4.27. The van der Waals surface area contributed by atoms with Crippen LogP contribution in [0, 0.1) is 0 Å². The molecule has 0 fully saturated rings. The topological polar surface area (TPSA) is 72.8 Å². The molecule has 0 spiro atoms. The van der Waals surface area contributed by atoms with Crippen LogP contribution in [0.3, 0.4) is 0 Å². The van der Waals surface area contributed by atoms with Crippen LogP contribution in [-0.2, 0) is 9.63 Å². The molecule has 5 aromatic rings. The number of benzene rings is 5. The summed E-state index contributed by atoms with van der Waals surface area (Å²) in [6.45, 7) is 1.24. The summed E-state index contributed by atoms with van der Waals surface area (Å²) in [7, 11) is 0.